The summed E-state index contributed by atoms with van der Waals surface area (Å²) >= 11 is 0. The van der Waals surface area contributed by atoms with Gasteiger partial charge in [0.05, 0.1) is 12.5 Å². The number of nitrogens with zero attached hydrogens (tertiary/aromatic N) is 1. The van der Waals surface area contributed by atoms with Crippen LogP contribution >= 0.6 is 0 Å². The zero-order valence-corrected chi connectivity index (χ0v) is 6.36. The number of hydrogen-bond donors (Lipinski definition) is 0. The van der Waals surface area contributed by atoms with Crippen molar-refractivity contribution in [1.29, 1.82) is 5.26 Å². The summed E-state index contributed by atoms with van der Waals surface area (Å²) in [5, 5.41) is 8.29. The fourth-order valence-electron chi connectivity index (χ4n) is 0.361. The maximum Gasteiger partial charge on any atom is 0.0666 e. The van der Waals surface area contributed by atoms with E-state index in [9.17, 15) is 0 Å². The van der Waals surface area contributed by atoms with Gasteiger partial charge in [-0.15, -0.1) is 0 Å². The molecule has 0 heterocycles. The maximum atomic E-state index is 8.29. The predicted molar refractivity (Wildman–Crippen MR) is 38.8 cm³/mol. The van der Waals surface area contributed by atoms with Crippen LogP contribution in [-0.4, -0.2) is 0 Å². The summed E-state index contributed by atoms with van der Waals surface area (Å²) in [7, 11) is 0. The highest BCUT2D eigenvalue weighted by atomic mass is 14.3. The van der Waals surface area contributed by atoms with E-state index in [4.69, 9.17) is 5.26 Å². The molecule has 0 N–H and O–H groups in total. The van der Waals surface area contributed by atoms with E-state index in [0.29, 0.717) is 6.42 Å². The first kappa shape index (κ1) is 8.23. The number of nitriles is 1. The predicted octanol–water partition coefficient (Wildman–Crippen LogP) is 2.50. The van der Waals surface area contributed by atoms with Crippen LogP contribution in [0.5, 0.6) is 0 Å². The molecule has 0 aliphatic rings. The van der Waals surface area contributed by atoms with Crippen molar-refractivity contribution in [2.75, 3.05) is 0 Å². The maximum absolute atomic E-state index is 8.29. The Hall–Kier alpha value is -0.770. The van der Waals surface area contributed by atoms with Crippen LogP contribution in [0.4, 0.5) is 0 Å². The molecule has 0 aliphatic carbocycles. The molecule has 0 spiro atoms. The third-order valence-electron chi connectivity index (χ3n) is 1.35. The van der Waals surface area contributed by atoms with Gasteiger partial charge in [0.25, 0.3) is 0 Å². The fourth-order valence-corrected chi connectivity index (χ4v) is 0.361. The molecule has 0 aliphatic heterocycles. The second-order valence-electron chi connectivity index (χ2n) is 3.19. The largest absolute Gasteiger partial charge is 0.198 e. The van der Waals surface area contributed by atoms with Gasteiger partial charge in [0.15, 0.2) is 0 Å². The second kappa shape index (κ2) is 2.68. The minimum Gasteiger partial charge on any atom is -0.198 e. The van der Waals surface area contributed by atoms with Gasteiger partial charge in [0.1, 0.15) is 0 Å². The van der Waals surface area contributed by atoms with Gasteiger partial charge < -0.3 is 0 Å². The number of allylic oxidation sites excluding steroid dienone is 1. The molecule has 9 heavy (non-hydrogen) atoms. The molecule has 50 valence electrons. The third-order valence-corrected chi connectivity index (χ3v) is 1.35. The molecular weight excluding hydrogens is 110 g/mol. The van der Waals surface area contributed by atoms with E-state index >= 15 is 0 Å². The lowest BCUT2D eigenvalue weighted by Crippen LogP contribution is -2.07. The van der Waals surface area contributed by atoms with Crippen LogP contribution in [0.25, 0.3) is 0 Å². The van der Waals surface area contributed by atoms with Gasteiger partial charge in [-0.3, -0.25) is 0 Å². The highest BCUT2D eigenvalue weighted by Crippen LogP contribution is 2.25. The number of hydrogen-bond acceptors (Lipinski definition) is 1. The van der Waals surface area contributed by atoms with Gasteiger partial charge in [0, 0.05) is 0 Å². The van der Waals surface area contributed by atoms with Gasteiger partial charge >= 0.3 is 0 Å². The SMILES string of the molecule is C=C(CC#N)C(C)(C)C. The van der Waals surface area contributed by atoms with Crippen LogP contribution in [0.2, 0.25) is 0 Å². The van der Waals surface area contributed by atoms with Gasteiger partial charge in [-0.1, -0.05) is 32.9 Å². The first-order valence-electron chi connectivity index (χ1n) is 3.03. The smallest absolute Gasteiger partial charge is 0.0666 e. The van der Waals surface area contributed by atoms with Crippen LogP contribution in [-0.2, 0) is 0 Å². The zero-order chi connectivity index (χ0) is 7.49. The summed E-state index contributed by atoms with van der Waals surface area (Å²) in [5.74, 6) is 0. The Kier molecular flexibility index (Phi) is 2.45. The Morgan fingerprint density at radius 1 is 1.56 bits per heavy atom. The summed E-state index contributed by atoms with van der Waals surface area (Å²) < 4.78 is 0. The Bertz CT molecular complexity index is 143. The van der Waals surface area contributed by atoms with Crippen molar-refractivity contribution in [2.24, 2.45) is 5.41 Å². The molecule has 0 radical (unpaired) electrons. The summed E-state index contributed by atoms with van der Waals surface area (Å²) in [6, 6.07) is 2.07. The molecule has 1 nitrogen and oxygen atoms in total. The van der Waals surface area contributed by atoms with E-state index in [1.807, 2.05) is 0 Å². The Morgan fingerprint density at radius 2 is 2.00 bits per heavy atom. The van der Waals surface area contributed by atoms with E-state index in [1.54, 1.807) is 0 Å². The summed E-state index contributed by atoms with van der Waals surface area (Å²) in [5.41, 5.74) is 1.10. The quantitative estimate of drug-likeness (QED) is 0.491. The van der Waals surface area contributed by atoms with Crippen molar-refractivity contribution in [3.05, 3.63) is 12.2 Å². The molecule has 0 saturated heterocycles. The Morgan fingerprint density at radius 3 is 2.11 bits per heavy atom. The molecule has 0 amide bonds. The van der Waals surface area contributed by atoms with Gasteiger partial charge in [-0.2, -0.15) is 5.26 Å². The molecule has 0 aromatic rings. The fraction of sp³-hybridized carbons (Fsp3) is 0.625. The summed E-state index contributed by atoms with van der Waals surface area (Å²) in [6.45, 7) is 9.98. The number of rotatable bonds is 1. The first-order chi connectivity index (χ1) is 3.98. The minimum absolute atomic E-state index is 0.0930. The third kappa shape index (κ3) is 2.92. The molecule has 0 unspecified atom stereocenters. The lowest BCUT2D eigenvalue weighted by atomic mass is 9.86. The standard InChI is InChI=1S/C8H13N/c1-7(5-6-9)8(2,3)4/h1,5H2,2-4H3. The van der Waals surface area contributed by atoms with Crippen molar-refractivity contribution in [3.8, 4) is 6.07 Å². The van der Waals surface area contributed by atoms with Crippen LogP contribution in [0, 0.1) is 16.7 Å². The van der Waals surface area contributed by atoms with Gasteiger partial charge in [-0.25, -0.2) is 0 Å². The van der Waals surface area contributed by atoms with Crippen LogP contribution in [0.3, 0.4) is 0 Å². The van der Waals surface area contributed by atoms with Crippen molar-refractivity contribution >= 4 is 0 Å². The average Bonchev–Trinajstić information content (AvgIpc) is 1.64. The lowest BCUT2D eigenvalue weighted by Gasteiger charge is -2.18. The van der Waals surface area contributed by atoms with Crippen molar-refractivity contribution in [2.45, 2.75) is 27.2 Å². The van der Waals surface area contributed by atoms with Gasteiger partial charge in [-0.05, 0) is 5.41 Å². The summed E-state index contributed by atoms with van der Waals surface area (Å²) in [6.07, 6.45) is 0.476. The molecule has 0 aromatic heterocycles. The van der Waals surface area contributed by atoms with Gasteiger partial charge in [0.2, 0.25) is 0 Å². The van der Waals surface area contributed by atoms with Crippen LogP contribution in [0.1, 0.15) is 27.2 Å². The van der Waals surface area contributed by atoms with E-state index in [1.165, 1.54) is 0 Å². The highest BCUT2D eigenvalue weighted by molar-refractivity contribution is 5.09. The van der Waals surface area contributed by atoms with Crippen LogP contribution in [0.15, 0.2) is 12.2 Å². The topological polar surface area (TPSA) is 23.8 Å². The molecule has 0 fully saturated rings. The molecule has 0 saturated carbocycles. The molecule has 0 aromatic carbocycles. The first-order valence-corrected chi connectivity index (χ1v) is 3.03. The van der Waals surface area contributed by atoms with Crippen molar-refractivity contribution in [3.63, 3.8) is 0 Å². The molecule has 0 atom stereocenters. The lowest BCUT2D eigenvalue weighted by molar-refractivity contribution is 0.497. The monoisotopic (exact) mass is 123 g/mol. The molecule has 0 rings (SSSR count). The molecule has 1 heteroatoms. The Labute approximate surface area is 57.0 Å². The normalized spacial score (nSPS) is 10.4. The zero-order valence-electron chi connectivity index (χ0n) is 6.36. The van der Waals surface area contributed by atoms with Crippen molar-refractivity contribution in [1.82, 2.24) is 0 Å². The van der Waals surface area contributed by atoms with E-state index in [2.05, 4.69) is 33.4 Å². The molecular formula is C8H13N. The highest BCUT2D eigenvalue weighted by Gasteiger charge is 2.13. The second-order valence-corrected chi connectivity index (χ2v) is 3.19. The van der Waals surface area contributed by atoms with Crippen LogP contribution < -0.4 is 0 Å². The van der Waals surface area contributed by atoms with Crippen molar-refractivity contribution < 1.29 is 0 Å². The van der Waals surface area contributed by atoms with E-state index in [-0.39, 0.29) is 5.41 Å². The summed E-state index contributed by atoms with van der Waals surface area (Å²) in [4.78, 5) is 0. The Balaban J connectivity index is 3.93. The average molecular weight is 123 g/mol. The van der Waals surface area contributed by atoms with E-state index < -0.39 is 0 Å². The van der Waals surface area contributed by atoms with E-state index in [0.717, 1.165) is 5.57 Å². The minimum atomic E-state index is 0.0930. The molecule has 0 bridgehead atoms.